The summed E-state index contributed by atoms with van der Waals surface area (Å²) in [4.78, 5) is 18.3. The molecule has 2 aromatic rings. The van der Waals surface area contributed by atoms with Gasteiger partial charge in [0.25, 0.3) is 0 Å². The number of amides is 1. The summed E-state index contributed by atoms with van der Waals surface area (Å²) in [6, 6.07) is 12.9. The summed E-state index contributed by atoms with van der Waals surface area (Å²) in [5, 5.41) is 0. The maximum atomic E-state index is 11.8. The lowest BCUT2D eigenvalue weighted by Gasteiger charge is -2.29. The monoisotopic (exact) mass is 334 g/mol. The van der Waals surface area contributed by atoms with Gasteiger partial charge in [-0.05, 0) is 48.4 Å². The summed E-state index contributed by atoms with van der Waals surface area (Å²) >= 11 is 0. The fourth-order valence-electron chi connectivity index (χ4n) is 3.94. The van der Waals surface area contributed by atoms with Gasteiger partial charge in [-0.15, -0.1) is 0 Å². The van der Waals surface area contributed by atoms with Gasteiger partial charge >= 0.3 is 6.09 Å². The number of rotatable bonds is 0. The average molecular weight is 334 g/mol. The number of carbonyl (C=O) groups excluding carboxylic acids is 1. The van der Waals surface area contributed by atoms with E-state index in [2.05, 4.69) is 30.3 Å². The molecule has 0 N–H and O–H groups in total. The number of pyridine rings is 1. The summed E-state index contributed by atoms with van der Waals surface area (Å²) in [7, 11) is 1.44. The van der Waals surface area contributed by atoms with Crippen molar-refractivity contribution in [3.05, 3.63) is 70.6 Å². The minimum absolute atomic E-state index is 0.233. The van der Waals surface area contributed by atoms with Crippen molar-refractivity contribution in [2.45, 2.75) is 25.7 Å². The summed E-state index contributed by atoms with van der Waals surface area (Å²) < 4.78 is 4.86. The third kappa shape index (κ3) is 2.93. The number of aryl methyl sites for hydroxylation is 2. The number of benzene rings is 1. The topological polar surface area (TPSA) is 42.4 Å². The van der Waals surface area contributed by atoms with Gasteiger partial charge in [0.2, 0.25) is 0 Å². The van der Waals surface area contributed by atoms with Crippen molar-refractivity contribution in [2.75, 3.05) is 20.2 Å². The molecular formula is C21H22N2O2. The standard InChI is InChI=1S/C21H22N2O2/c1-25-21(24)23-13-10-16(11-14-23)19-18-7-3-2-5-15(18)8-9-17-6-4-12-22-20(17)19/h2-7,12H,8-11,13-14H2,1H3. The molecule has 1 aliphatic carbocycles. The van der Waals surface area contributed by atoms with Gasteiger partial charge in [-0.25, -0.2) is 4.79 Å². The molecule has 4 nitrogen and oxygen atoms in total. The van der Waals surface area contributed by atoms with Gasteiger partial charge in [-0.2, -0.15) is 0 Å². The number of piperidine rings is 1. The van der Waals surface area contributed by atoms with Crippen LogP contribution in [0.25, 0.3) is 5.57 Å². The highest BCUT2D eigenvalue weighted by atomic mass is 16.5. The van der Waals surface area contributed by atoms with E-state index in [-0.39, 0.29) is 6.09 Å². The molecule has 0 bridgehead atoms. The van der Waals surface area contributed by atoms with Gasteiger partial charge in [0.15, 0.2) is 0 Å². The third-order valence-electron chi connectivity index (χ3n) is 5.23. The second-order valence-electron chi connectivity index (χ2n) is 6.60. The quantitative estimate of drug-likeness (QED) is 0.735. The van der Waals surface area contributed by atoms with Gasteiger partial charge in [-0.3, -0.25) is 4.98 Å². The molecule has 1 fully saturated rings. The molecule has 0 spiro atoms. The maximum absolute atomic E-state index is 11.8. The van der Waals surface area contributed by atoms with Gasteiger partial charge in [0.05, 0.1) is 12.8 Å². The summed E-state index contributed by atoms with van der Waals surface area (Å²) in [6.45, 7) is 1.41. The molecule has 2 aliphatic rings. The average Bonchev–Trinajstić information content (AvgIpc) is 2.84. The van der Waals surface area contributed by atoms with Crippen LogP contribution in [0.1, 0.15) is 35.2 Å². The number of aromatic nitrogens is 1. The molecule has 0 saturated carbocycles. The first-order valence-electron chi connectivity index (χ1n) is 8.85. The van der Waals surface area contributed by atoms with Crippen molar-refractivity contribution in [3.8, 4) is 0 Å². The molecule has 2 heterocycles. The molecule has 1 saturated heterocycles. The van der Waals surface area contributed by atoms with Crippen LogP contribution in [0.2, 0.25) is 0 Å². The first kappa shape index (κ1) is 15.9. The number of hydrogen-bond acceptors (Lipinski definition) is 3. The van der Waals surface area contributed by atoms with E-state index in [9.17, 15) is 4.79 Å². The SMILES string of the molecule is COC(=O)N1CCC(=C2c3ccccc3CCc3cccnc32)CC1. The van der Waals surface area contributed by atoms with Crippen LogP contribution in [0.4, 0.5) is 4.79 Å². The Morgan fingerprint density at radius 2 is 1.72 bits per heavy atom. The Morgan fingerprint density at radius 3 is 2.52 bits per heavy atom. The zero-order chi connectivity index (χ0) is 17.2. The van der Waals surface area contributed by atoms with E-state index in [1.807, 2.05) is 12.3 Å². The number of carbonyl (C=O) groups is 1. The molecule has 1 amide bonds. The highest BCUT2D eigenvalue weighted by molar-refractivity contribution is 5.84. The van der Waals surface area contributed by atoms with Crippen LogP contribution >= 0.6 is 0 Å². The van der Waals surface area contributed by atoms with Crippen molar-refractivity contribution in [2.24, 2.45) is 0 Å². The summed E-state index contributed by atoms with van der Waals surface area (Å²) in [6.07, 6.45) is 5.45. The van der Waals surface area contributed by atoms with Gasteiger partial charge in [0, 0.05) is 24.9 Å². The third-order valence-corrected chi connectivity index (χ3v) is 5.23. The fraction of sp³-hybridized carbons (Fsp3) is 0.333. The molecule has 128 valence electrons. The Bertz CT molecular complexity index is 782. The molecule has 0 atom stereocenters. The molecule has 0 unspecified atom stereocenters. The summed E-state index contributed by atoms with van der Waals surface area (Å²) in [5.41, 5.74) is 7.81. The zero-order valence-corrected chi connectivity index (χ0v) is 14.5. The van der Waals surface area contributed by atoms with Gasteiger partial charge in [0.1, 0.15) is 0 Å². The largest absolute Gasteiger partial charge is 0.453 e. The number of nitrogens with zero attached hydrogens (tertiary/aromatic N) is 2. The Balaban J connectivity index is 1.80. The number of hydrogen-bond donors (Lipinski definition) is 0. The predicted octanol–water partition coefficient (Wildman–Crippen LogP) is 3.84. The highest BCUT2D eigenvalue weighted by Gasteiger charge is 2.26. The number of likely N-dealkylation sites (tertiary alicyclic amines) is 1. The van der Waals surface area contributed by atoms with Crippen molar-refractivity contribution in [1.82, 2.24) is 9.88 Å². The second kappa shape index (κ2) is 6.71. The molecule has 4 rings (SSSR count). The van der Waals surface area contributed by atoms with Crippen LogP contribution in [0.3, 0.4) is 0 Å². The lowest BCUT2D eigenvalue weighted by molar-refractivity contribution is 0.120. The van der Waals surface area contributed by atoms with Gasteiger partial charge in [-0.1, -0.05) is 35.9 Å². The van der Waals surface area contributed by atoms with E-state index in [1.165, 1.54) is 34.9 Å². The maximum Gasteiger partial charge on any atom is 0.409 e. The van der Waals surface area contributed by atoms with E-state index in [0.717, 1.165) is 31.4 Å². The number of fused-ring (bicyclic) bond motifs is 2. The van der Waals surface area contributed by atoms with Crippen molar-refractivity contribution >= 4 is 11.7 Å². The Kier molecular flexibility index (Phi) is 4.26. The van der Waals surface area contributed by atoms with Crippen LogP contribution in [0.15, 0.2) is 48.2 Å². The van der Waals surface area contributed by atoms with E-state index < -0.39 is 0 Å². The summed E-state index contributed by atoms with van der Waals surface area (Å²) in [5.74, 6) is 0. The fourth-order valence-corrected chi connectivity index (χ4v) is 3.94. The first-order chi connectivity index (χ1) is 12.3. The van der Waals surface area contributed by atoms with Crippen molar-refractivity contribution in [1.29, 1.82) is 0 Å². The molecule has 0 radical (unpaired) electrons. The van der Waals surface area contributed by atoms with E-state index >= 15 is 0 Å². The zero-order valence-electron chi connectivity index (χ0n) is 14.5. The van der Waals surface area contributed by atoms with Crippen LogP contribution < -0.4 is 0 Å². The number of methoxy groups -OCH3 is 1. The highest BCUT2D eigenvalue weighted by Crippen LogP contribution is 2.37. The lowest BCUT2D eigenvalue weighted by Crippen LogP contribution is -2.36. The van der Waals surface area contributed by atoms with Crippen LogP contribution in [-0.2, 0) is 17.6 Å². The van der Waals surface area contributed by atoms with E-state index in [1.54, 1.807) is 4.90 Å². The Hall–Kier alpha value is -2.62. The minimum atomic E-state index is -0.233. The molecule has 4 heteroatoms. The molecular weight excluding hydrogens is 312 g/mol. The normalized spacial score (nSPS) is 16.8. The number of ether oxygens (including phenoxy) is 1. The van der Waals surface area contributed by atoms with Crippen molar-refractivity contribution < 1.29 is 9.53 Å². The lowest BCUT2D eigenvalue weighted by atomic mass is 9.89. The first-order valence-corrected chi connectivity index (χ1v) is 8.85. The predicted molar refractivity (Wildman–Crippen MR) is 97.3 cm³/mol. The van der Waals surface area contributed by atoms with Crippen LogP contribution in [-0.4, -0.2) is 36.2 Å². The smallest absolute Gasteiger partial charge is 0.409 e. The molecule has 1 aromatic heterocycles. The Labute approximate surface area is 148 Å². The van der Waals surface area contributed by atoms with Crippen LogP contribution in [0.5, 0.6) is 0 Å². The van der Waals surface area contributed by atoms with Crippen LogP contribution in [0, 0.1) is 0 Å². The molecule has 25 heavy (non-hydrogen) atoms. The Morgan fingerprint density at radius 1 is 1.00 bits per heavy atom. The van der Waals surface area contributed by atoms with E-state index in [4.69, 9.17) is 9.72 Å². The molecule has 1 aromatic carbocycles. The second-order valence-corrected chi connectivity index (χ2v) is 6.60. The minimum Gasteiger partial charge on any atom is -0.453 e. The van der Waals surface area contributed by atoms with Gasteiger partial charge < -0.3 is 9.64 Å². The van der Waals surface area contributed by atoms with Crippen molar-refractivity contribution in [3.63, 3.8) is 0 Å². The van der Waals surface area contributed by atoms with E-state index in [0.29, 0.717) is 13.1 Å². The molecule has 1 aliphatic heterocycles.